The zero-order chi connectivity index (χ0) is 15.0. The van der Waals surface area contributed by atoms with Crippen molar-refractivity contribution in [2.45, 2.75) is 33.2 Å². The molecule has 20 heavy (non-hydrogen) atoms. The number of rotatable bonds is 6. The molecule has 0 aliphatic carbocycles. The third-order valence-electron chi connectivity index (χ3n) is 2.94. The minimum atomic E-state index is -0.936. The number of esters is 1. The van der Waals surface area contributed by atoms with Crippen LogP contribution in [0, 0.1) is 24.2 Å². The van der Waals surface area contributed by atoms with E-state index in [9.17, 15) is 4.79 Å². The van der Waals surface area contributed by atoms with Crippen molar-refractivity contribution in [1.29, 1.82) is 5.26 Å². The highest BCUT2D eigenvalue weighted by Crippen LogP contribution is 2.21. The first-order valence-electron chi connectivity index (χ1n) is 6.78. The van der Waals surface area contributed by atoms with Gasteiger partial charge in [0.2, 0.25) is 0 Å². The zero-order valence-corrected chi connectivity index (χ0v) is 12.2. The molecule has 0 amide bonds. The van der Waals surface area contributed by atoms with E-state index in [2.05, 4.69) is 4.99 Å². The van der Waals surface area contributed by atoms with E-state index in [1.54, 1.807) is 6.92 Å². The summed E-state index contributed by atoms with van der Waals surface area (Å²) in [6.45, 7) is 6.03. The summed E-state index contributed by atoms with van der Waals surface area (Å²) in [5, 5.41) is 8.97. The van der Waals surface area contributed by atoms with E-state index in [1.165, 1.54) is 11.8 Å². The summed E-state index contributed by atoms with van der Waals surface area (Å²) in [5.74, 6) is -1.48. The highest BCUT2D eigenvalue weighted by molar-refractivity contribution is 5.92. The van der Waals surface area contributed by atoms with Gasteiger partial charge in [0.25, 0.3) is 0 Å². The molecule has 0 aliphatic heterocycles. The molecule has 0 bridgehead atoms. The Kier molecular flexibility index (Phi) is 6.45. The van der Waals surface area contributed by atoms with Crippen LogP contribution in [-0.4, -0.2) is 18.8 Å². The second-order valence-corrected chi connectivity index (χ2v) is 4.49. The van der Waals surface area contributed by atoms with Gasteiger partial charge in [0.1, 0.15) is 0 Å². The lowest BCUT2D eigenvalue weighted by atomic mass is 10.0. The van der Waals surface area contributed by atoms with Gasteiger partial charge in [0.05, 0.1) is 18.7 Å². The van der Waals surface area contributed by atoms with Gasteiger partial charge in [-0.05, 0) is 25.8 Å². The summed E-state index contributed by atoms with van der Waals surface area (Å²) >= 11 is 0. The molecule has 0 radical (unpaired) electrons. The molecular weight excluding hydrogens is 252 g/mol. The van der Waals surface area contributed by atoms with Crippen molar-refractivity contribution in [3.63, 3.8) is 0 Å². The molecule has 1 aromatic rings. The Labute approximate surface area is 120 Å². The Balaban J connectivity index is 2.81. The normalized spacial score (nSPS) is 13.7. The average Bonchev–Trinajstić information content (AvgIpc) is 2.45. The minimum Gasteiger partial charge on any atom is -0.465 e. The van der Waals surface area contributed by atoms with Crippen molar-refractivity contribution in [1.82, 2.24) is 0 Å². The van der Waals surface area contributed by atoms with Crippen LogP contribution in [0.2, 0.25) is 0 Å². The summed E-state index contributed by atoms with van der Waals surface area (Å²) in [6.07, 6.45) is 2.20. The monoisotopic (exact) mass is 272 g/mol. The fraction of sp³-hybridized carbons (Fsp3) is 0.438. The van der Waals surface area contributed by atoms with Crippen LogP contribution in [0.25, 0.3) is 0 Å². The predicted molar refractivity (Wildman–Crippen MR) is 78.4 cm³/mol. The summed E-state index contributed by atoms with van der Waals surface area (Å²) in [4.78, 5) is 15.9. The highest BCUT2D eigenvalue weighted by atomic mass is 16.5. The van der Waals surface area contributed by atoms with E-state index in [0.717, 1.165) is 12.0 Å². The van der Waals surface area contributed by atoms with Crippen LogP contribution in [0.5, 0.6) is 0 Å². The van der Waals surface area contributed by atoms with E-state index in [4.69, 9.17) is 10.00 Å². The van der Waals surface area contributed by atoms with E-state index < -0.39 is 11.9 Å². The number of hydrogen-bond acceptors (Lipinski definition) is 4. The fourth-order valence-corrected chi connectivity index (χ4v) is 1.78. The molecule has 4 nitrogen and oxygen atoms in total. The maximum Gasteiger partial charge on any atom is 0.328 e. The number of nitriles is 1. The summed E-state index contributed by atoms with van der Waals surface area (Å²) in [6, 6.07) is 9.96. The van der Waals surface area contributed by atoms with Gasteiger partial charge in [-0.1, -0.05) is 36.8 Å². The maximum atomic E-state index is 11.5. The number of hydrogen-bond donors (Lipinski definition) is 0. The Hall–Kier alpha value is -2.15. The number of ether oxygens (including phenoxy) is 1. The van der Waals surface area contributed by atoms with Crippen LogP contribution in [0.3, 0.4) is 0 Å². The van der Waals surface area contributed by atoms with Gasteiger partial charge in [-0.3, -0.25) is 9.79 Å². The number of aliphatic imine (C=N–C) groups is 1. The van der Waals surface area contributed by atoms with Gasteiger partial charge in [-0.25, -0.2) is 0 Å². The first-order valence-corrected chi connectivity index (χ1v) is 6.78. The molecule has 0 aliphatic rings. The molecule has 1 rings (SSSR count). The molecule has 106 valence electrons. The molecule has 1 unspecified atom stereocenters. The fourth-order valence-electron chi connectivity index (χ4n) is 1.78. The highest BCUT2D eigenvalue weighted by Gasteiger charge is 2.17. The molecule has 0 fully saturated rings. The Morgan fingerprint density at radius 2 is 2.05 bits per heavy atom. The summed E-state index contributed by atoms with van der Waals surface area (Å²) in [5.41, 5.74) is 2.27. The van der Waals surface area contributed by atoms with Gasteiger partial charge in [-0.15, -0.1) is 0 Å². The van der Waals surface area contributed by atoms with Crippen molar-refractivity contribution in [2.24, 2.45) is 10.9 Å². The van der Waals surface area contributed by atoms with Crippen molar-refractivity contribution >= 4 is 12.2 Å². The van der Waals surface area contributed by atoms with Crippen LogP contribution in [-0.2, 0) is 9.53 Å². The molecular formula is C16H20N2O2. The largest absolute Gasteiger partial charge is 0.465 e. The second-order valence-electron chi connectivity index (χ2n) is 4.49. The minimum absolute atomic E-state index is 0.0409. The maximum absolute atomic E-state index is 11.5. The van der Waals surface area contributed by atoms with E-state index >= 15 is 0 Å². The van der Waals surface area contributed by atoms with E-state index in [-0.39, 0.29) is 12.6 Å². The molecule has 0 aromatic heterocycles. The van der Waals surface area contributed by atoms with Crippen LogP contribution < -0.4 is 0 Å². The first kappa shape index (κ1) is 15.9. The Morgan fingerprint density at radius 1 is 1.40 bits per heavy atom. The van der Waals surface area contributed by atoms with Gasteiger partial charge in [-0.2, -0.15) is 5.26 Å². The first-order chi connectivity index (χ1) is 9.62. The SMILES string of the molecule is CCOC(=O)C(C#N)C=N[C@H](CC)c1ccc(C)cc1. The van der Waals surface area contributed by atoms with Crippen molar-refractivity contribution in [3.8, 4) is 6.07 Å². The molecule has 0 N–H and O–H groups in total. The number of nitrogens with zero attached hydrogens (tertiary/aromatic N) is 2. The molecule has 0 spiro atoms. The van der Waals surface area contributed by atoms with Crippen LogP contribution in [0.15, 0.2) is 29.3 Å². The van der Waals surface area contributed by atoms with Crippen molar-refractivity contribution < 1.29 is 9.53 Å². The molecule has 0 saturated heterocycles. The van der Waals surface area contributed by atoms with E-state index in [0.29, 0.717) is 0 Å². The van der Waals surface area contributed by atoms with Gasteiger partial charge < -0.3 is 4.74 Å². The van der Waals surface area contributed by atoms with Gasteiger partial charge >= 0.3 is 5.97 Å². The van der Waals surface area contributed by atoms with Gasteiger partial charge in [0, 0.05) is 6.21 Å². The summed E-state index contributed by atoms with van der Waals surface area (Å²) in [7, 11) is 0. The van der Waals surface area contributed by atoms with Crippen molar-refractivity contribution in [3.05, 3.63) is 35.4 Å². The predicted octanol–water partition coefficient (Wildman–Crippen LogP) is 3.22. The number of benzene rings is 1. The van der Waals surface area contributed by atoms with E-state index in [1.807, 2.05) is 44.2 Å². The molecule has 4 heteroatoms. The Bertz CT molecular complexity index is 500. The van der Waals surface area contributed by atoms with Crippen LogP contribution >= 0.6 is 0 Å². The number of carbonyl (C=O) groups excluding carboxylic acids is 1. The molecule has 0 saturated carbocycles. The lowest BCUT2D eigenvalue weighted by molar-refractivity contribution is -0.143. The van der Waals surface area contributed by atoms with Crippen molar-refractivity contribution in [2.75, 3.05) is 6.61 Å². The lowest BCUT2D eigenvalue weighted by Gasteiger charge is -2.11. The standard InChI is InChI=1S/C16H20N2O2/c1-4-15(13-8-6-12(3)7-9-13)18-11-14(10-17)16(19)20-5-2/h6-9,11,14-15H,4-5H2,1-3H3/t14?,15-/m1/s1. The third kappa shape index (κ3) is 4.51. The average molecular weight is 272 g/mol. The third-order valence-corrected chi connectivity index (χ3v) is 2.94. The molecule has 1 aromatic carbocycles. The van der Waals surface area contributed by atoms with Gasteiger partial charge in [0.15, 0.2) is 5.92 Å². The Morgan fingerprint density at radius 3 is 2.55 bits per heavy atom. The summed E-state index contributed by atoms with van der Waals surface area (Å²) < 4.78 is 4.83. The quantitative estimate of drug-likeness (QED) is 0.590. The number of aryl methyl sites for hydroxylation is 1. The van der Waals surface area contributed by atoms with Crippen LogP contribution in [0.1, 0.15) is 37.4 Å². The van der Waals surface area contributed by atoms with Crippen LogP contribution in [0.4, 0.5) is 0 Å². The molecule has 0 heterocycles. The zero-order valence-electron chi connectivity index (χ0n) is 12.2. The second kappa shape index (κ2) is 8.11. The molecule has 2 atom stereocenters. The smallest absolute Gasteiger partial charge is 0.328 e. The lowest BCUT2D eigenvalue weighted by Crippen LogP contribution is -2.17. The number of carbonyl (C=O) groups is 1. The topological polar surface area (TPSA) is 62.5 Å².